The molecule has 1 saturated heterocycles. The molecule has 0 saturated carbocycles. The highest BCUT2D eigenvalue weighted by Crippen LogP contribution is 2.16. The summed E-state index contributed by atoms with van der Waals surface area (Å²) in [6, 6.07) is 5.57. The molecule has 0 spiro atoms. The minimum Gasteiger partial charge on any atom is -0.303 e. The molecule has 1 fully saturated rings. The number of halogens is 1. The molecule has 1 heterocycles. The number of hydrogen-bond donors (Lipinski definition) is 0. The maximum atomic E-state index is 13.4. The molecule has 0 unspecified atom stereocenters. The molecule has 0 aliphatic carbocycles. The van der Waals surface area contributed by atoms with Gasteiger partial charge in [-0.3, -0.25) is 0 Å². The van der Waals surface area contributed by atoms with Gasteiger partial charge in [0.25, 0.3) is 0 Å². The van der Waals surface area contributed by atoms with Crippen LogP contribution in [0.3, 0.4) is 0 Å². The predicted octanol–water partition coefficient (Wildman–Crippen LogP) is 2.09. The van der Waals surface area contributed by atoms with E-state index in [9.17, 15) is 12.8 Å². The lowest BCUT2D eigenvalue weighted by Gasteiger charge is -2.14. The molecule has 0 radical (unpaired) electrons. The van der Waals surface area contributed by atoms with Gasteiger partial charge in [-0.15, -0.1) is 0 Å². The van der Waals surface area contributed by atoms with Crippen LogP contribution in [0.2, 0.25) is 0 Å². The summed E-state index contributed by atoms with van der Waals surface area (Å²) in [5, 5.41) is 0. The van der Waals surface area contributed by atoms with E-state index in [-0.39, 0.29) is 10.6 Å². The van der Waals surface area contributed by atoms with Crippen LogP contribution >= 0.6 is 0 Å². The van der Waals surface area contributed by atoms with Crippen molar-refractivity contribution < 1.29 is 12.8 Å². The zero-order chi connectivity index (χ0) is 13.0. The molecule has 1 aliphatic heterocycles. The Balaban J connectivity index is 1.93. The standard InChI is InChI=1S/C13H18FNO2S/c14-12-6-1-2-7-13(12)18(16,17)11-5-10-15-8-3-4-9-15/h1-2,6-7H,3-5,8-11H2. The average Bonchev–Trinajstić information content (AvgIpc) is 2.82. The molecule has 5 heteroatoms. The lowest BCUT2D eigenvalue weighted by molar-refractivity contribution is 0.340. The average molecular weight is 271 g/mol. The van der Waals surface area contributed by atoms with E-state index < -0.39 is 15.7 Å². The molecule has 18 heavy (non-hydrogen) atoms. The maximum Gasteiger partial charge on any atom is 0.181 e. The van der Waals surface area contributed by atoms with E-state index in [0.717, 1.165) is 19.6 Å². The van der Waals surface area contributed by atoms with E-state index >= 15 is 0 Å². The van der Waals surface area contributed by atoms with Gasteiger partial charge in [0.15, 0.2) is 9.84 Å². The predicted molar refractivity (Wildman–Crippen MR) is 68.7 cm³/mol. The molecular formula is C13H18FNO2S. The van der Waals surface area contributed by atoms with Gasteiger partial charge in [-0.05, 0) is 51.0 Å². The van der Waals surface area contributed by atoms with Gasteiger partial charge >= 0.3 is 0 Å². The van der Waals surface area contributed by atoms with Crippen molar-refractivity contribution in [2.45, 2.75) is 24.2 Å². The fraction of sp³-hybridized carbons (Fsp3) is 0.538. The highest BCUT2D eigenvalue weighted by Gasteiger charge is 2.19. The van der Waals surface area contributed by atoms with Crippen molar-refractivity contribution in [2.24, 2.45) is 0 Å². The zero-order valence-corrected chi connectivity index (χ0v) is 11.1. The monoisotopic (exact) mass is 271 g/mol. The Bertz CT molecular complexity index is 495. The molecule has 0 atom stereocenters. The van der Waals surface area contributed by atoms with Gasteiger partial charge in [0.2, 0.25) is 0 Å². The molecule has 1 aromatic rings. The quantitative estimate of drug-likeness (QED) is 0.823. The van der Waals surface area contributed by atoms with Crippen molar-refractivity contribution in [2.75, 3.05) is 25.4 Å². The molecule has 3 nitrogen and oxygen atoms in total. The second-order valence-corrected chi connectivity index (χ2v) is 6.73. The third-order valence-electron chi connectivity index (χ3n) is 3.26. The van der Waals surface area contributed by atoms with Crippen LogP contribution in [0.15, 0.2) is 29.2 Å². The first-order valence-corrected chi connectivity index (χ1v) is 7.94. The normalized spacial score (nSPS) is 17.2. The smallest absolute Gasteiger partial charge is 0.181 e. The number of benzene rings is 1. The van der Waals surface area contributed by atoms with Crippen LogP contribution < -0.4 is 0 Å². The van der Waals surface area contributed by atoms with Gasteiger partial charge in [0.05, 0.1) is 5.75 Å². The summed E-state index contributed by atoms with van der Waals surface area (Å²) < 4.78 is 37.4. The van der Waals surface area contributed by atoms with E-state index in [1.807, 2.05) is 0 Å². The van der Waals surface area contributed by atoms with Crippen molar-refractivity contribution in [1.82, 2.24) is 4.90 Å². The van der Waals surface area contributed by atoms with Crippen LogP contribution in [0.4, 0.5) is 4.39 Å². The second kappa shape index (κ2) is 5.80. The summed E-state index contributed by atoms with van der Waals surface area (Å²) in [4.78, 5) is 2.09. The first-order valence-electron chi connectivity index (χ1n) is 6.29. The van der Waals surface area contributed by atoms with Crippen LogP contribution in [0.1, 0.15) is 19.3 Å². The molecule has 0 bridgehead atoms. The van der Waals surface area contributed by atoms with Crippen molar-refractivity contribution in [1.29, 1.82) is 0 Å². The van der Waals surface area contributed by atoms with Gasteiger partial charge in [-0.2, -0.15) is 0 Å². The van der Waals surface area contributed by atoms with Crippen molar-refractivity contribution in [3.63, 3.8) is 0 Å². The first-order chi connectivity index (χ1) is 8.59. The highest BCUT2D eigenvalue weighted by atomic mass is 32.2. The number of likely N-dealkylation sites (tertiary alicyclic amines) is 1. The van der Waals surface area contributed by atoms with E-state index in [1.54, 1.807) is 6.07 Å². The number of sulfone groups is 1. The molecule has 2 rings (SSSR count). The minimum absolute atomic E-state index is 0.0183. The number of rotatable bonds is 5. The van der Waals surface area contributed by atoms with E-state index in [2.05, 4.69) is 4.90 Å². The second-order valence-electron chi connectivity index (χ2n) is 4.65. The van der Waals surface area contributed by atoms with Crippen molar-refractivity contribution in [3.8, 4) is 0 Å². The molecular weight excluding hydrogens is 253 g/mol. The largest absolute Gasteiger partial charge is 0.303 e. The zero-order valence-electron chi connectivity index (χ0n) is 10.3. The van der Waals surface area contributed by atoms with Gasteiger partial charge in [-0.25, -0.2) is 12.8 Å². The van der Waals surface area contributed by atoms with E-state index in [0.29, 0.717) is 6.42 Å². The third kappa shape index (κ3) is 3.29. The Labute approximate surface area is 108 Å². The SMILES string of the molecule is O=S(=O)(CCCN1CCCC1)c1ccccc1F. The fourth-order valence-corrected chi connectivity index (χ4v) is 3.67. The summed E-state index contributed by atoms with van der Waals surface area (Å²) in [5.74, 6) is -0.636. The van der Waals surface area contributed by atoms with Crippen LogP contribution in [-0.2, 0) is 9.84 Å². The Morgan fingerprint density at radius 1 is 1.17 bits per heavy atom. The minimum atomic E-state index is -3.48. The summed E-state index contributed by atoms with van der Waals surface area (Å²) in [6.45, 7) is 2.90. The number of hydrogen-bond acceptors (Lipinski definition) is 3. The molecule has 1 aliphatic rings. The summed E-state index contributed by atoms with van der Waals surface area (Å²) >= 11 is 0. The van der Waals surface area contributed by atoms with Crippen molar-refractivity contribution in [3.05, 3.63) is 30.1 Å². The summed E-state index contributed by atoms with van der Waals surface area (Å²) in [5.41, 5.74) is 0. The van der Waals surface area contributed by atoms with Crippen LogP contribution in [-0.4, -0.2) is 38.7 Å². The Morgan fingerprint density at radius 2 is 1.83 bits per heavy atom. The lowest BCUT2D eigenvalue weighted by atomic mass is 10.3. The van der Waals surface area contributed by atoms with Gasteiger partial charge in [0.1, 0.15) is 10.7 Å². The Morgan fingerprint density at radius 3 is 2.50 bits per heavy atom. The van der Waals surface area contributed by atoms with Gasteiger partial charge in [0, 0.05) is 0 Å². The molecule has 1 aromatic carbocycles. The fourth-order valence-electron chi connectivity index (χ4n) is 2.29. The molecule has 0 amide bonds. The first kappa shape index (κ1) is 13.5. The summed E-state index contributed by atoms with van der Waals surface area (Å²) in [6.07, 6.45) is 2.96. The molecule has 0 aromatic heterocycles. The van der Waals surface area contributed by atoms with Gasteiger partial charge in [-0.1, -0.05) is 12.1 Å². The van der Waals surface area contributed by atoms with Crippen LogP contribution in [0.25, 0.3) is 0 Å². The van der Waals surface area contributed by atoms with E-state index in [4.69, 9.17) is 0 Å². The number of nitrogens with zero attached hydrogens (tertiary/aromatic N) is 1. The summed E-state index contributed by atoms with van der Waals surface area (Å²) in [7, 11) is -3.48. The molecule has 100 valence electrons. The van der Waals surface area contributed by atoms with E-state index in [1.165, 1.54) is 31.0 Å². The molecule has 0 N–H and O–H groups in total. The highest BCUT2D eigenvalue weighted by molar-refractivity contribution is 7.91. The topological polar surface area (TPSA) is 37.4 Å². The maximum absolute atomic E-state index is 13.4. The Kier molecular flexibility index (Phi) is 4.35. The van der Waals surface area contributed by atoms with Crippen LogP contribution in [0, 0.1) is 5.82 Å². The Hall–Kier alpha value is -0.940. The lowest BCUT2D eigenvalue weighted by Crippen LogP contribution is -2.22. The third-order valence-corrected chi connectivity index (χ3v) is 5.09. The van der Waals surface area contributed by atoms with Gasteiger partial charge < -0.3 is 4.90 Å². The van der Waals surface area contributed by atoms with Crippen molar-refractivity contribution >= 4 is 9.84 Å². The van der Waals surface area contributed by atoms with Crippen LogP contribution in [0.5, 0.6) is 0 Å².